The van der Waals surface area contributed by atoms with Gasteiger partial charge in [0.1, 0.15) is 12.1 Å². The van der Waals surface area contributed by atoms with E-state index >= 15 is 0 Å². The molecule has 7 heteroatoms. The van der Waals surface area contributed by atoms with Crippen LogP contribution in [0.5, 0.6) is 0 Å². The van der Waals surface area contributed by atoms with E-state index in [0.717, 1.165) is 31.4 Å². The first kappa shape index (κ1) is 24.9. The molecule has 33 heavy (non-hydrogen) atoms. The van der Waals surface area contributed by atoms with Gasteiger partial charge in [-0.3, -0.25) is 19.2 Å². The smallest absolute Gasteiger partial charge is 0.246 e. The average molecular weight is 456 g/mol. The monoisotopic (exact) mass is 455 g/mol. The van der Waals surface area contributed by atoms with Gasteiger partial charge in [-0.2, -0.15) is 0 Å². The molecule has 3 aliphatic heterocycles. The van der Waals surface area contributed by atoms with Crippen molar-refractivity contribution in [2.45, 2.75) is 77.9 Å². The van der Waals surface area contributed by atoms with Crippen molar-refractivity contribution < 1.29 is 19.2 Å². The summed E-state index contributed by atoms with van der Waals surface area (Å²) in [6.45, 7) is 8.82. The molecule has 3 fully saturated rings. The number of hydrogen-bond donors (Lipinski definition) is 2. The van der Waals surface area contributed by atoms with E-state index in [0.29, 0.717) is 18.8 Å². The van der Waals surface area contributed by atoms with Gasteiger partial charge >= 0.3 is 0 Å². The van der Waals surface area contributed by atoms with E-state index in [1.165, 1.54) is 0 Å². The van der Waals surface area contributed by atoms with Crippen LogP contribution in [0.4, 0.5) is 0 Å². The maximum Gasteiger partial charge on any atom is 0.246 e. The third-order valence-corrected chi connectivity index (χ3v) is 6.71. The molecule has 0 aliphatic carbocycles. The van der Waals surface area contributed by atoms with Gasteiger partial charge in [0.25, 0.3) is 0 Å². The summed E-state index contributed by atoms with van der Waals surface area (Å²) < 4.78 is 0. The van der Waals surface area contributed by atoms with Crippen LogP contribution in [-0.2, 0) is 25.6 Å². The number of nitrogens with zero attached hydrogens (tertiary/aromatic N) is 1. The number of benzene rings is 1. The molecule has 0 bridgehead atoms. The number of fused-ring (bicyclic) bond motifs is 1. The summed E-state index contributed by atoms with van der Waals surface area (Å²) in [5.74, 6) is 0.885. The summed E-state index contributed by atoms with van der Waals surface area (Å²) in [5.41, 5.74) is 1.08. The van der Waals surface area contributed by atoms with Crippen LogP contribution in [0.15, 0.2) is 30.3 Å². The number of piperazine rings is 1. The largest absolute Gasteiger partial charge is 0.346 e. The maximum absolute atomic E-state index is 12.3. The lowest BCUT2D eigenvalue weighted by Crippen LogP contribution is -2.61. The van der Waals surface area contributed by atoms with E-state index in [1.807, 2.05) is 44.2 Å². The number of piperidine rings is 1. The van der Waals surface area contributed by atoms with Gasteiger partial charge < -0.3 is 15.5 Å². The fourth-order valence-corrected chi connectivity index (χ4v) is 4.83. The van der Waals surface area contributed by atoms with Gasteiger partial charge in [-0.1, -0.05) is 58.0 Å². The number of carbonyl (C=O) groups is 4. The van der Waals surface area contributed by atoms with Gasteiger partial charge in [-0.25, -0.2) is 0 Å². The average Bonchev–Trinajstić information content (AvgIpc) is 3.26. The van der Waals surface area contributed by atoms with Crippen LogP contribution in [0.1, 0.15) is 58.9 Å². The first-order valence-electron chi connectivity index (χ1n) is 12.1. The Morgan fingerprint density at radius 3 is 2.24 bits per heavy atom. The quantitative estimate of drug-likeness (QED) is 0.713. The van der Waals surface area contributed by atoms with E-state index in [1.54, 1.807) is 4.90 Å². The van der Waals surface area contributed by atoms with Crippen LogP contribution in [0.25, 0.3) is 0 Å². The molecule has 0 aromatic heterocycles. The topological polar surface area (TPSA) is 95.6 Å². The van der Waals surface area contributed by atoms with Crippen LogP contribution < -0.4 is 10.6 Å². The Morgan fingerprint density at radius 1 is 0.939 bits per heavy atom. The van der Waals surface area contributed by atoms with E-state index < -0.39 is 6.04 Å². The molecule has 3 aliphatic rings. The summed E-state index contributed by atoms with van der Waals surface area (Å²) in [6, 6.07) is 8.95. The van der Waals surface area contributed by atoms with Crippen molar-refractivity contribution in [2.24, 2.45) is 17.8 Å². The minimum absolute atomic E-state index is 0.00744. The lowest BCUT2D eigenvalue weighted by Gasteiger charge is -2.34. The Hall–Kier alpha value is -2.70. The standard InChI is InChI=1S/C14H16N2O2.C12H21NO2/c17-13-12-7-4-8-16(12)14(18)11(15-13)9-10-5-2-1-3-6-10;1-7(2)5-10-11(14)6-9(8(3)4)12(15)13-10/h1-3,5-6,11-12H,4,7-9H2,(H,15,17);7-10H,5-6H2,1-4H3,(H,13,15)/t11-,12-;9-,10-/m00/s1. The van der Waals surface area contributed by atoms with E-state index in [4.69, 9.17) is 0 Å². The van der Waals surface area contributed by atoms with Gasteiger partial charge in [-0.15, -0.1) is 0 Å². The van der Waals surface area contributed by atoms with E-state index in [-0.39, 0.29) is 47.4 Å². The Bertz CT molecular complexity index is 868. The Kier molecular flexibility index (Phi) is 8.27. The molecule has 1 aromatic carbocycles. The predicted molar refractivity (Wildman–Crippen MR) is 126 cm³/mol. The SMILES string of the molecule is CC(C)C[C@@H]1NC(=O)[C@H](C(C)C)CC1=O.O=C1N[C@@H](Cc2ccccc2)C(=O)N2CCC[C@@H]12. The van der Waals surface area contributed by atoms with Gasteiger partial charge in [0.15, 0.2) is 5.78 Å². The molecule has 0 unspecified atom stereocenters. The Labute approximate surface area is 196 Å². The first-order chi connectivity index (χ1) is 15.7. The van der Waals surface area contributed by atoms with Gasteiger partial charge in [0, 0.05) is 25.3 Å². The second kappa shape index (κ2) is 10.9. The highest BCUT2D eigenvalue weighted by atomic mass is 16.2. The molecule has 180 valence electrons. The summed E-state index contributed by atoms with van der Waals surface area (Å²) in [4.78, 5) is 49.4. The molecule has 7 nitrogen and oxygen atoms in total. The normalized spacial score (nSPS) is 27.2. The van der Waals surface area contributed by atoms with E-state index in [2.05, 4.69) is 24.5 Å². The molecule has 3 heterocycles. The lowest BCUT2D eigenvalue weighted by atomic mass is 9.83. The van der Waals surface area contributed by atoms with Crippen LogP contribution in [0.2, 0.25) is 0 Å². The van der Waals surface area contributed by atoms with Crippen molar-refractivity contribution in [2.75, 3.05) is 6.54 Å². The summed E-state index contributed by atoms with van der Waals surface area (Å²) >= 11 is 0. The summed E-state index contributed by atoms with van der Waals surface area (Å²) in [5, 5.41) is 5.70. The molecule has 4 rings (SSSR count). The number of carbonyl (C=O) groups excluding carboxylic acids is 4. The number of ketones is 1. The first-order valence-corrected chi connectivity index (χ1v) is 12.1. The number of nitrogens with one attached hydrogen (secondary N) is 2. The predicted octanol–water partition coefficient (Wildman–Crippen LogP) is 2.48. The second-order valence-corrected chi connectivity index (χ2v) is 10.2. The molecule has 3 saturated heterocycles. The van der Waals surface area contributed by atoms with Crippen molar-refractivity contribution >= 4 is 23.5 Å². The van der Waals surface area contributed by atoms with Crippen molar-refractivity contribution in [3.63, 3.8) is 0 Å². The van der Waals surface area contributed by atoms with E-state index in [9.17, 15) is 19.2 Å². The highest BCUT2D eigenvalue weighted by Gasteiger charge is 2.42. The zero-order valence-corrected chi connectivity index (χ0v) is 20.2. The fraction of sp³-hybridized carbons (Fsp3) is 0.615. The second-order valence-electron chi connectivity index (χ2n) is 10.2. The molecule has 0 saturated carbocycles. The molecule has 3 amide bonds. The highest BCUT2D eigenvalue weighted by molar-refractivity contribution is 5.98. The summed E-state index contributed by atoms with van der Waals surface area (Å²) in [6.07, 6.45) is 3.49. The van der Waals surface area contributed by atoms with Crippen LogP contribution >= 0.6 is 0 Å². The number of hydrogen-bond acceptors (Lipinski definition) is 4. The van der Waals surface area contributed by atoms with Crippen molar-refractivity contribution in [1.29, 1.82) is 0 Å². The molecule has 0 radical (unpaired) electrons. The number of rotatable bonds is 5. The van der Waals surface area contributed by atoms with Gasteiger partial charge in [0.2, 0.25) is 17.7 Å². The molecule has 1 aromatic rings. The van der Waals surface area contributed by atoms with Gasteiger partial charge in [0.05, 0.1) is 6.04 Å². The fourth-order valence-electron chi connectivity index (χ4n) is 4.83. The van der Waals surface area contributed by atoms with Crippen molar-refractivity contribution in [3.8, 4) is 0 Å². The molecule has 4 atom stereocenters. The Morgan fingerprint density at radius 2 is 1.61 bits per heavy atom. The van der Waals surface area contributed by atoms with Gasteiger partial charge in [-0.05, 0) is 36.7 Å². The number of amides is 3. The zero-order chi connectivity index (χ0) is 24.1. The van der Waals surface area contributed by atoms with Crippen molar-refractivity contribution in [1.82, 2.24) is 15.5 Å². The molecule has 2 N–H and O–H groups in total. The number of Topliss-reactive ketones (excluding diaryl/α,β-unsaturated/α-hetero) is 1. The molecule has 0 spiro atoms. The summed E-state index contributed by atoms with van der Waals surface area (Å²) in [7, 11) is 0. The van der Waals surface area contributed by atoms with Crippen molar-refractivity contribution in [3.05, 3.63) is 35.9 Å². The zero-order valence-electron chi connectivity index (χ0n) is 20.2. The lowest BCUT2D eigenvalue weighted by molar-refractivity contribution is -0.146. The maximum atomic E-state index is 12.3. The molecular weight excluding hydrogens is 418 g/mol. The Balaban J connectivity index is 0.000000190. The third kappa shape index (κ3) is 6.21. The highest BCUT2D eigenvalue weighted by Crippen LogP contribution is 2.24. The molecular formula is C26H37N3O4. The van der Waals surface area contributed by atoms with Crippen LogP contribution in [-0.4, -0.2) is 53.1 Å². The minimum Gasteiger partial charge on any atom is -0.346 e. The third-order valence-electron chi connectivity index (χ3n) is 6.71. The minimum atomic E-state index is -0.394. The van der Waals surface area contributed by atoms with Crippen LogP contribution in [0.3, 0.4) is 0 Å². The van der Waals surface area contributed by atoms with Crippen LogP contribution in [0, 0.1) is 17.8 Å².